The summed E-state index contributed by atoms with van der Waals surface area (Å²) in [7, 11) is 0. The number of benzene rings is 2. The van der Waals surface area contributed by atoms with Crippen LogP contribution in [-0.4, -0.2) is 68.7 Å². The van der Waals surface area contributed by atoms with Gasteiger partial charge in [0.15, 0.2) is 0 Å². The maximum absolute atomic E-state index is 15.2. The Hall–Kier alpha value is -2.97. The van der Waals surface area contributed by atoms with E-state index in [1.807, 2.05) is 18.2 Å². The van der Waals surface area contributed by atoms with E-state index >= 15 is 4.39 Å². The van der Waals surface area contributed by atoms with Crippen LogP contribution in [0.2, 0.25) is 0 Å². The monoisotopic (exact) mass is 540 g/mol. The molecule has 3 saturated heterocycles. The van der Waals surface area contributed by atoms with E-state index in [0.717, 1.165) is 50.3 Å². The number of nitrogens with one attached hydrogen (secondary N) is 2. The van der Waals surface area contributed by atoms with Crippen LogP contribution in [0.3, 0.4) is 0 Å². The minimum atomic E-state index is -2.85. The van der Waals surface area contributed by atoms with Crippen molar-refractivity contribution < 1.29 is 27.4 Å². The Labute approximate surface area is 225 Å². The fourth-order valence-corrected chi connectivity index (χ4v) is 6.05. The number of nitrogens with zero attached hydrogens (tertiary/aromatic N) is 2. The molecule has 7 nitrogen and oxygen atoms in total. The molecule has 3 fully saturated rings. The van der Waals surface area contributed by atoms with E-state index in [4.69, 9.17) is 9.47 Å². The zero-order chi connectivity index (χ0) is 27.2. The summed E-state index contributed by atoms with van der Waals surface area (Å²) in [5.41, 5.74) is 1.96. The molecule has 0 bridgehead atoms. The summed E-state index contributed by atoms with van der Waals surface area (Å²) in [6.07, 6.45) is -1.17. The summed E-state index contributed by atoms with van der Waals surface area (Å²) in [4.78, 5) is 14.9. The Morgan fingerprint density at radius 2 is 1.87 bits per heavy atom. The van der Waals surface area contributed by atoms with E-state index in [-0.39, 0.29) is 30.7 Å². The van der Waals surface area contributed by atoms with Crippen LogP contribution in [-0.2, 0) is 32.9 Å². The predicted octanol–water partition coefficient (Wildman–Crippen LogP) is 3.12. The molecule has 4 heterocycles. The molecule has 2 N–H and O–H groups in total. The number of hydrogen-bond donors (Lipinski definition) is 2. The Bertz CT molecular complexity index is 1300. The van der Waals surface area contributed by atoms with Crippen LogP contribution in [0.5, 0.6) is 0 Å². The van der Waals surface area contributed by atoms with Crippen molar-refractivity contribution in [1.29, 1.82) is 5.26 Å². The lowest BCUT2D eigenvalue weighted by Crippen LogP contribution is -2.66. The van der Waals surface area contributed by atoms with Crippen LogP contribution in [0.15, 0.2) is 36.4 Å². The fourth-order valence-electron chi connectivity index (χ4n) is 6.05. The molecular weight excluding hydrogens is 509 g/mol. The van der Waals surface area contributed by atoms with Crippen molar-refractivity contribution in [2.24, 2.45) is 5.41 Å². The first-order chi connectivity index (χ1) is 18.8. The molecule has 1 atom stereocenters. The number of amides is 1. The van der Waals surface area contributed by atoms with Crippen LogP contribution in [0.1, 0.15) is 29.5 Å². The number of ether oxygens (including phenoxy) is 2. The maximum Gasteiger partial charge on any atom is 0.255 e. The first-order valence-corrected chi connectivity index (χ1v) is 13.4. The quantitative estimate of drug-likeness (QED) is 0.562. The van der Waals surface area contributed by atoms with Gasteiger partial charge in [-0.2, -0.15) is 5.26 Å². The van der Waals surface area contributed by atoms with Gasteiger partial charge in [-0.15, -0.1) is 0 Å². The normalized spacial score (nSPS) is 22.5. The van der Waals surface area contributed by atoms with Crippen LogP contribution in [0.25, 0.3) is 11.1 Å². The first kappa shape index (κ1) is 26.3. The number of nitriles is 1. The highest BCUT2D eigenvalue weighted by molar-refractivity contribution is 5.85. The fraction of sp³-hybridized carbons (Fsp3) is 0.517. The molecule has 0 radical (unpaired) electrons. The second kappa shape index (κ2) is 10.2. The molecule has 6 rings (SSSR count). The second-order valence-electron chi connectivity index (χ2n) is 11.1. The maximum atomic E-state index is 15.2. The number of fused-ring (bicyclic) bond motifs is 2. The van der Waals surface area contributed by atoms with Crippen molar-refractivity contribution in [1.82, 2.24) is 15.5 Å². The van der Waals surface area contributed by atoms with Gasteiger partial charge in [0.2, 0.25) is 5.91 Å². The highest BCUT2D eigenvalue weighted by Crippen LogP contribution is 2.46. The number of rotatable bonds is 7. The summed E-state index contributed by atoms with van der Waals surface area (Å²) < 4.78 is 53.8. The zero-order valence-corrected chi connectivity index (χ0v) is 21.5. The number of halogens is 3. The van der Waals surface area contributed by atoms with Crippen LogP contribution >= 0.6 is 0 Å². The summed E-state index contributed by atoms with van der Waals surface area (Å²) in [6, 6.07) is 12.2. The highest BCUT2D eigenvalue weighted by atomic mass is 19.3. The SMILES string of the molecule is N#CC(Cc1ccc(-c2ccc3c(c2)C2(CCN(C4COC4)CC2)OC3)cc1F)NC(=O)C1(C(F)F)CNC1. The lowest BCUT2D eigenvalue weighted by Gasteiger charge is -2.45. The molecule has 1 unspecified atom stereocenters. The minimum absolute atomic E-state index is 0.120. The molecule has 0 aliphatic carbocycles. The van der Waals surface area contributed by atoms with E-state index in [1.165, 1.54) is 11.6 Å². The van der Waals surface area contributed by atoms with Crippen LogP contribution in [0.4, 0.5) is 13.2 Å². The average molecular weight is 541 g/mol. The largest absolute Gasteiger partial charge is 0.378 e. The molecule has 2 aromatic carbocycles. The molecule has 1 spiro atoms. The molecule has 10 heteroatoms. The number of likely N-dealkylation sites (tertiary alicyclic amines) is 1. The molecular formula is C29H31F3N4O3. The van der Waals surface area contributed by atoms with Gasteiger partial charge in [-0.3, -0.25) is 9.69 Å². The van der Waals surface area contributed by atoms with Gasteiger partial charge < -0.3 is 20.1 Å². The standard InChI is InChI=1S/C29H31F3N4O3/c30-25-11-19(1-3-20(25)9-22(12-33)35-27(37)28(26(31)32)16-34-17-28)18-2-4-21-13-39-29(24(21)10-18)5-7-36(8-6-29)23-14-38-15-23/h1-4,10-11,22-23,26,34H,5-9,13-17H2,(H,35,37). The van der Waals surface area contributed by atoms with Gasteiger partial charge in [0.25, 0.3) is 6.43 Å². The van der Waals surface area contributed by atoms with E-state index in [2.05, 4.69) is 21.6 Å². The van der Waals surface area contributed by atoms with E-state index in [9.17, 15) is 18.8 Å². The number of alkyl halides is 2. The smallest absolute Gasteiger partial charge is 0.255 e. The van der Waals surface area contributed by atoms with Gasteiger partial charge in [-0.25, -0.2) is 13.2 Å². The topological polar surface area (TPSA) is 86.6 Å². The third-order valence-electron chi connectivity index (χ3n) is 8.87. The minimum Gasteiger partial charge on any atom is -0.378 e. The van der Waals surface area contributed by atoms with E-state index in [0.29, 0.717) is 18.2 Å². The third kappa shape index (κ3) is 4.61. The van der Waals surface area contributed by atoms with Gasteiger partial charge in [-0.05, 0) is 52.8 Å². The van der Waals surface area contributed by atoms with Crippen molar-refractivity contribution >= 4 is 5.91 Å². The van der Waals surface area contributed by atoms with Crippen molar-refractivity contribution in [3.8, 4) is 17.2 Å². The number of carbonyl (C=O) groups is 1. The van der Waals surface area contributed by atoms with Crippen molar-refractivity contribution in [2.45, 2.75) is 50.0 Å². The summed E-state index contributed by atoms with van der Waals surface area (Å²) in [6.45, 7) is 3.76. The van der Waals surface area contributed by atoms with Crippen molar-refractivity contribution in [2.75, 3.05) is 39.4 Å². The van der Waals surface area contributed by atoms with E-state index in [1.54, 1.807) is 12.1 Å². The molecule has 2 aromatic rings. The van der Waals surface area contributed by atoms with Crippen LogP contribution < -0.4 is 10.6 Å². The van der Waals surface area contributed by atoms with Gasteiger partial charge in [0, 0.05) is 32.6 Å². The summed E-state index contributed by atoms with van der Waals surface area (Å²) >= 11 is 0. The molecule has 39 heavy (non-hydrogen) atoms. The lowest BCUT2D eigenvalue weighted by atomic mass is 9.81. The molecule has 1 amide bonds. The zero-order valence-electron chi connectivity index (χ0n) is 21.5. The summed E-state index contributed by atoms with van der Waals surface area (Å²) in [5, 5.41) is 14.6. The van der Waals surface area contributed by atoms with Crippen molar-refractivity contribution in [3.05, 3.63) is 58.9 Å². The molecule has 4 aliphatic heterocycles. The van der Waals surface area contributed by atoms with Gasteiger partial charge in [0.05, 0.1) is 37.5 Å². The third-order valence-corrected chi connectivity index (χ3v) is 8.87. The van der Waals surface area contributed by atoms with Gasteiger partial charge >= 0.3 is 0 Å². The van der Waals surface area contributed by atoms with E-state index < -0.39 is 29.6 Å². The Balaban J connectivity index is 1.16. The van der Waals surface area contributed by atoms with Crippen LogP contribution in [0, 0.1) is 22.6 Å². The Morgan fingerprint density at radius 3 is 2.46 bits per heavy atom. The average Bonchev–Trinajstić information content (AvgIpc) is 3.21. The lowest BCUT2D eigenvalue weighted by molar-refractivity contribution is -0.146. The number of carbonyl (C=O) groups excluding carboxylic acids is 1. The molecule has 206 valence electrons. The molecule has 0 saturated carbocycles. The number of hydrogen-bond acceptors (Lipinski definition) is 6. The van der Waals surface area contributed by atoms with Gasteiger partial charge in [0.1, 0.15) is 17.3 Å². The molecule has 4 aliphatic rings. The van der Waals surface area contributed by atoms with Gasteiger partial charge in [-0.1, -0.05) is 24.3 Å². The second-order valence-corrected chi connectivity index (χ2v) is 11.1. The van der Waals surface area contributed by atoms with Crippen molar-refractivity contribution in [3.63, 3.8) is 0 Å². The highest BCUT2D eigenvalue weighted by Gasteiger charge is 2.52. The Kier molecular flexibility index (Phi) is 6.88. The Morgan fingerprint density at radius 1 is 1.15 bits per heavy atom. The first-order valence-electron chi connectivity index (χ1n) is 13.4. The number of piperidine rings is 1. The predicted molar refractivity (Wildman–Crippen MR) is 136 cm³/mol. The molecule has 0 aromatic heterocycles. The summed E-state index contributed by atoms with van der Waals surface area (Å²) in [5.74, 6) is -1.40.